The van der Waals surface area contributed by atoms with E-state index in [2.05, 4.69) is 25.7 Å². The first-order valence-corrected chi connectivity index (χ1v) is 7.93. The van der Waals surface area contributed by atoms with Crippen LogP contribution < -0.4 is 10.2 Å². The van der Waals surface area contributed by atoms with E-state index in [0.717, 1.165) is 22.6 Å². The van der Waals surface area contributed by atoms with Crippen LogP contribution in [0.3, 0.4) is 0 Å². The van der Waals surface area contributed by atoms with Gasteiger partial charge in [0.1, 0.15) is 15.9 Å². The van der Waals surface area contributed by atoms with E-state index in [0.29, 0.717) is 6.54 Å². The molecule has 0 atom stereocenters. The number of fused-ring (bicyclic) bond motifs is 1. The van der Waals surface area contributed by atoms with Crippen molar-refractivity contribution in [1.82, 2.24) is 15.3 Å². The number of carbonyl (C=O) groups is 1. The SMILES string of the molecule is CN(CCNCC(=O)OC(C)(C)C)c1cnc2s[c]nc2c1. The summed E-state index contributed by atoms with van der Waals surface area (Å²) in [4.78, 5) is 23.0. The molecule has 0 saturated carbocycles. The summed E-state index contributed by atoms with van der Waals surface area (Å²) in [6, 6.07) is 1.99. The number of nitrogens with zero attached hydrogens (tertiary/aromatic N) is 3. The second-order valence-corrected chi connectivity index (χ2v) is 6.78. The van der Waals surface area contributed by atoms with E-state index >= 15 is 0 Å². The zero-order valence-electron chi connectivity index (χ0n) is 13.3. The molecule has 0 saturated heterocycles. The van der Waals surface area contributed by atoms with Crippen LogP contribution in [0.4, 0.5) is 5.69 Å². The smallest absolute Gasteiger partial charge is 0.320 e. The molecule has 1 N–H and O–H groups in total. The number of hydrogen-bond acceptors (Lipinski definition) is 7. The van der Waals surface area contributed by atoms with E-state index in [1.54, 1.807) is 0 Å². The maximum atomic E-state index is 11.6. The van der Waals surface area contributed by atoms with E-state index in [1.165, 1.54) is 11.3 Å². The average molecular weight is 321 g/mol. The van der Waals surface area contributed by atoms with E-state index in [-0.39, 0.29) is 12.5 Å². The molecule has 0 aliphatic heterocycles. The van der Waals surface area contributed by atoms with Crippen LogP contribution in [0.25, 0.3) is 10.3 Å². The highest BCUT2D eigenvalue weighted by Gasteiger charge is 2.15. The highest BCUT2D eigenvalue weighted by molar-refractivity contribution is 7.15. The first-order chi connectivity index (χ1) is 10.3. The predicted octanol–water partition coefficient (Wildman–Crippen LogP) is 1.86. The minimum Gasteiger partial charge on any atom is -0.459 e. The third kappa shape index (κ3) is 4.92. The molecule has 0 unspecified atom stereocenters. The normalized spacial score (nSPS) is 11.6. The molecule has 0 fully saturated rings. The minimum absolute atomic E-state index is 0.212. The largest absolute Gasteiger partial charge is 0.459 e. The van der Waals surface area contributed by atoms with E-state index in [9.17, 15) is 4.79 Å². The molecule has 2 aromatic rings. The van der Waals surface area contributed by atoms with Gasteiger partial charge in [0.05, 0.1) is 18.4 Å². The topological polar surface area (TPSA) is 67.4 Å². The Bertz CT molecular complexity index is 636. The zero-order valence-corrected chi connectivity index (χ0v) is 14.2. The van der Waals surface area contributed by atoms with Gasteiger partial charge in [0.25, 0.3) is 0 Å². The van der Waals surface area contributed by atoms with Gasteiger partial charge in [-0.15, -0.1) is 0 Å². The molecule has 6 nitrogen and oxygen atoms in total. The molecule has 22 heavy (non-hydrogen) atoms. The summed E-state index contributed by atoms with van der Waals surface area (Å²) in [5.74, 6) is -0.240. The molecule has 0 spiro atoms. The summed E-state index contributed by atoms with van der Waals surface area (Å²) >= 11 is 1.41. The second-order valence-electron chi connectivity index (χ2n) is 6.01. The molecule has 0 aliphatic carbocycles. The number of likely N-dealkylation sites (N-methyl/N-ethyl adjacent to an activating group) is 1. The van der Waals surface area contributed by atoms with Gasteiger partial charge in [0, 0.05) is 20.1 Å². The van der Waals surface area contributed by atoms with Gasteiger partial charge in [0.15, 0.2) is 5.51 Å². The van der Waals surface area contributed by atoms with Crippen LogP contribution in [0.5, 0.6) is 0 Å². The summed E-state index contributed by atoms with van der Waals surface area (Å²) < 4.78 is 5.23. The number of aromatic nitrogens is 2. The van der Waals surface area contributed by atoms with E-state index < -0.39 is 5.60 Å². The van der Waals surface area contributed by atoms with E-state index in [4.69, 9.17) is 4.74 Å². The molecule has 7 heteroatoms. The lowest BCUT2D eigenvalue weighted by Gasteiger charge is -2.21. The Morgan fingerprint density at radius 2 is 2.27 bits per heavy atom. The first-order valence-electron chi connectivity index (χ1n) is 7.11. The lowest BCUT2D eigenvalue weighted by atomic mass is 10.2. The number of ether oxygens (including phenoxy) is 1. The highest BCUT2D eigenvalue weighted by atomic mass is 32.1. The van der Waals surface area contributed by atoms with Crippen molar-refractivity contribution in [3.05, 3.63) is 17.8 Å². The molecule has 119 valence electrons. The van der Waals surface area contributed by atoms with Crippen molar-refractivity contribution in [3.63, 3.8) is 0 Å². The van der Waals surface area contributed by atoms with Crippen LogP contribution in [-0.4, -0.2) is 48.2 Å². The number of carbonyl (C=O) groups excluding carboxylic acids is 1. The van der Waals surface area contributed by atoms with Crippen molar-refractivity contribution in [2.45, 2.75) is 26.4 Å². The van der Waals surface area contributed by atoms with Crippen molar-refractivity contribution in [2.75, 3.05) is 31.6 Å². The maximum Gasteiger partial charge on any atom is 0.320 e. The number of esters is 1. The molecular weight excluding hydrogens is 300 g/mol. The van der Waals surface area contributed by atoms with Gasteiger partial charge in [-0.25, -0.2) is 9.97 Å². The summed E-state index contributed by atoms with van der Waals surface area (Å²) in [6.07, 6.45) is 1.82. The molecule has 2 heterocycles. The fourth-order valence-electron chi connectivity index (χ4n) is 1.86. The number of anilines is 1. The Morgan fingerprint density at radius 1 is 1.50 bits per heavy atom. The predicted molar refractivity (Wildman–Crippen MR) is 88.2 cm³/mol. The van der Waals surface area contributed by atoms with Gasteiger partial charge in [-0.1, -0.05) is 11.3 Å². The lowest BCUT2D eigenvalue weighted by molar-refractivity contribution is -0.153. The Kier molecular flexibility index (Phi) is 5.31. The van der Waals surface area contributed by atoms with Crippen LogP contribution in [0.1, 0.15) is 20.8 Å². The molecule has 2 rings (SSSR count). The second kappa shape index (κ2) is 7.02. The molecular formula is C15H21N4O2S. The average Bonchev–Trinajstić information content (AvgIpc) is 2.88. The molecule has 1 radical (unpaired) electrons. The van der Waals surface area contributed by atoms with Gasteiger partial charge in [-0.2, -0.15) is 0 Å². The van der Waals surface area contributed by atoms with Gasteiger partial charge in [0.2, 0.25) is 0 Å². The Hall–Kier alpha value is -1.73. The standard InChI is InChI=1S/C15H21N4O2S/c1-15(2,3)21-13(20)9-16-5-6-19(4)11-7-12-14(17-8-11)22-10-18-12/h7-8,16H,5-6,9H2,1-4H3. The molecule has 2 aromatic heterocycles. The number of thiazole rings is 1. The fourth-order valence-corrected chi connectivity index (χ4v) is 2.40. The lowest BCUT2D eigenvalue weighted by Crippen LogP contribution is -2.35. The molecule has 0 amide bonds. The Morgan fingerprint density at radius 3 is 3.00 bits per heavy atom. The number of rotatable bonds is 6. The summed E-state index contributed by atoms with van der Waals surface area (Å²) in [5, 5.41) is 3.08. The third-order valence-electron chi connectivity index (χ3n) is 2.88. The van der Waals surface area contributed by atoms with Crippen LogP contribution >= 0.6 is 11.3 Å². The van der Waals surface area contributed by atoms with Gasteiger partial charge >= 0.3 is 5.97 Å². The number of pyridine rings is 1. The van der Waals surface area contributed by atoms with Crippen LogP contribution in [0.2, 0.25) is 0 Å². The minimum atomic E-state index is -0.443. The fraction of sp³-hybridized carbons (Fsp3) is 0.533. The first kappa shape index (κ1) is 16.6. The van der Waals surface area contributed by atoms with Crippen LogP contribution in [0, 0.1) is 5.51 Å². The maximum absolute atomic E-state index is 11.6. The summed E-state index contributed by atoms with van der Waals surface area (Å²) in [7, 11) is 1.98. The Labute approximate surface area is 134 Å². The van der Waals surface area contributed by atoms with Crippen molar-refractivity contribution in [2.24, 2.45) is 0 Å². The van der Waals surface area contributed by atoms with Crippen LogP contribution in [0.15, 0.2) is 12.3 Å². The van der Waals surface area contributed by atoms with Crippen molar-refractivity contribution in [1.29, 1.82) is 0 Å². The monoisotopic (exact) mass is 321 g/mol. The number of nitrogens with one attached hydrogen (secondary N) is 1. The number of hydrogen-bond donors (Lipinski definition) is 1. The van der Waals surface area contributed by atoms with Gasteiger partial charge in [-0.3, -0.25) is 4.79 Å². The molecule has 0 aliphatic rings. The van der Waals surface area contributed by atoms with E-state index in [1.807, 2.05) is 40.1 Å². The third-order valence-corrected chi connectivity index (χ3v) is 3.57. The quantitative estimate of drug-likeness (QED) is 0.647. The summed E-state index contributed by atoms with van der Waals surface area (Å²) in [5.41, 5.74) is 4.24. The van der Waals surface area contributed by atoms with Gasteiger partial charge in [-0.05, 0) is 26.8 Å². The molecule has 0 bridgehead atoms. The van der Waals surface area contributed by atoms with Gasteiger partial charge < -0.3 is 15.0 Å². The molecule has 0 aromatic carbocycles. The van der Waals surface area contributed by atoms with Crippen molar-refractivity contribution in [3.8, 4) is 0 Å². The Balaban J connectivity index is 1.75. The van der Waals surface area contributed by atoms with Crippen molar-refractivity contribution < 1.29 is 9.53 Å². The highest BCUT2D eigenvalue weighted by Crippen LogP contribution is 2.20. The van der Waals surface area contributed by atoms with Crippen LogP contribution in [-0.2, 0) is 9.53 Å². The summed E-state index contributed by atoms with van der Waals surface area (Å²) in [6.45, 7) is 7.22. The zero-order chi connectivity index (χ0) is 16.2. The van der Waals surface area contributed by atoms with Crippen molar-refractivity contribution >= 4 is 33.3 Å².